The molecule has 0 heterocycles. The third-order valence-electron chi connectivity index (χ3n) is 4.05. The van der Waals surface area contributed by atoms with Gasteiger partial charge in [-0.2, -0.15) is 0 Å². The summed E-state index contributed by atoms with van der Waals surface area (Å²) in [6.07, 6.45) is 1.52. The van der Waals surface area contributed by atoms with Gasteiger partial charge in [-0.25, -0.2) is 4.79 Å². The molecule has 4 nitrogen and oxygen atoms in total. The highest BCUT2D eigenvalue weighted by Crippen LogP contribution is 2.37. The monoisotopic (exact) mass is 426 g/mol. The van der Waals surface area contributed by atoms with Gasteiger partial charge in [0.15, 0.2) is 11.5 Å². The molecule has 3 aromatic rings. The summed E-state index contributed by atoms with van der Waals surface area (Å²) in [5, 5.41) is 2.30. The highest BCUT2D eigenvalue weighted by atomic mass is 79.9. The molecule has 0 saturated carbocycles. The lowest BCUT2D eigenvalue weighted by Gasteiger charge is -2.15. The molecule has 27 heavy (non-hydrogen) atoms. The number of hydrogen-bond acceptors (Lipinski definition) is 4. The van der Waals surface area contributed by atoms with E-state index >= 15 is 0 Å². The molecule has 0 spiro atoms. The Morgan fingerprint density at radius 3 is 2.70 bits per heavy atom. The van der Waals surface area contributed by atoms with E-state index in [1.165, 1.54) is 13.2 Å². The second-order valence-electron chi connectivity index (χ2n) is 5.80. The Morgan fingerprint density at radius 1 is 1.15 bits per heavy atom. The molecule has 138 valence electrons. The van der Waals surface area contributed by atoms with Crippen molar-refractivity contribution in [2.75, 3.05) is 13.7 Å². The van der Waals surface area contributed by atoms with Gasteiger partial charge in [-0.05, 0) is 44.4 Å². The fourth-order valence-corrected chi connectivity index (χ4v) is 3.32. The topological polar surface area (TPSA) is 44.8 Å². The molecular formula is C22H19BrO4. The summed E-state index contributed by atoms with van der Waals surface area (Å²) in [4.78, 5) is 12.1. The van der Waals surface area contributed by atoms with Gasteiger partial charge in [-0.15, -0.1) is 0 Å². The largest absolute Gasteiger partial charge is 0.493 e. The van der Waals surface area contributed by atoms with E-state index in [9.17, 15) is 4.79 Å². The van der Waals surface area contributed by atoms with E-state index in [-0.39, 0.29) is 6.61 Å². The van der Waals surface area contributed by atoms with Crippen molar-refractivity contribution >= 4 is 32.7 Å². The fourth-order valence-electron chi connectivity index (χ4n) is 2.76. The summed E-state index contributed by atoms with van der Waals surface area (Å²) in [6, 6.07) is 17.5. The number of benzene rings is 3. The number of esters is 1. The number of carbonyl (C=O) groups excluding carboxylic acids is 1. The number of fused-ring (bicyclic) bond motifs is 1. The molecule has 3 aromatic carbocycles. The third kappa shape index (κ3) is 4.31. The molecule has 0 N–H and O–H groups in total. The first kappa shape index (κ1) is 19.0. The molecule has 0 amide bonds. The maximum atomic E-state index is 12.1. The molecule has 0 unspecified atom stereocenters. The maximum Gasteiger partial charge on any atom is 0.338 e. The molecule has 0 saturated heterocycles. The predicted molar refractivity (Wildman–Crippen MR) is 109 cm³/mol. The molecule has 0 aliphatic rings. The van der Waals surface area contributed by atoms with Crippen molar-refractivity contribution in [3.8, 4) is 11.5 Å². The minimum Gasteiger partial charge on any atom is -0.493 e. The number of rotatable bonds is 7. The van der Waals surface area contributed by atoms with Crippen LogP contribution in [0, 0.1) is 0 Å². The van der Waals surface area contributed by atoms with Crippen LogP contribution >= 0.6 is 15.9 Å². The average Bonchev–Trinajstić information content (AvgIpc) is 2.70. The van der Waals surface area contributed by atoms with Crippen LogP contribution in [0.5, 0.6) is 11.5 Å². The molecule has 0 radical (unpaired) electrons. The Balaban J connectivity index is 1.86. The van der Waals surface area contributed by atoms with Crippen molar-refractivity contribution in [3.05, 3.63) is 82.9 Å². The molecule has 0 fully saturated rings. The molecule has 0 atom stereocenters. The second-order valence-corrected chi connectivity index (χ2v) is 6.66. The second kappa shape index (κ2) is 8.73. The fraction of sp³-hybridized carbons (Fsp3) is 0.136. The lowest BCUT2D eigenvalue weighted by molar-refractivity contribution is 0.0549. The number of ether oxygens (including phenoxy) is 3. The van der Waals surface area contributed by atoms with Crippen LogP contribution < -0.4 is 9.47 Å². The summed E-state index contributed by atoms with van der Waals surface area (Å²) in [5.74, 6) is 0.537. The number of halogens is 1. The van der Waals surface area contributed by atoms with Gasteiger partial charge in [0, 0.05) is 0 Å². The smallest absolute Gasteiger partial charge is 0.338 e. The van der Waals surface area contributed by atoms with E-state index in [0.717, 1.165) is 16.3 Å². The Labute approximate surface area is 166 Å². The van der Waals surface area contributed by atoms with E-state index in [0.29, 0.717) is 28.1 Å². The van der Waals surface area contributed by atoms with E-state index in [1.54, 1.807) is 12.1 Å². The Hall–Kier alpha value is -2.79. The van der Waals surface area contributed by atoms with Gasteiger partial charge in [-0.1, -0.05) is 55.1 Å². The van der Waals surface area contributed by atoms with Gasteiger partial charge in [0.2, 0.25) is 0 Å². The van der Waals surface area contributed by atoms with Gasteiger partial charge in [0.05, 0.1) is 17.1 Å². The maximum absolute atomic E-state index is 12.1. The van der Waals surface area contributed by atoms with Crippen LogP contribution in [0.25, 0.3) is 10.8 Å². The highest BCUT2D eigenvalue weighted by Gasteiger charge is 2.17. The lowest BCUT2D eigenvalue weighted by Crippen LogP contribution is -2.07. The molecule has 5 heteroatoms. The number of carbonyl (C=O) groups is 1. The van der Waals surface area contributed by atoms with Crippen LogP contribution in [0.4, 0.5) is 0 Å². The minimum absolute atomic E-state index is 0.151. The standard InChI is InChI=1S/C22H19BrO4/c1-3-11-26-22(24)17-12-19(23)21(20(13-17)25-2)27-14-16-9-6-8-15-7-4-5-10-18(15)16/h3-10,12-13H,1,11,14H2,2H3. The van der Waals surface area contributed by atoms with Gasteiger partial charge >= 0.3 is 5.97 Å². The Kier molecular flexibility index (Phi) is 6.14. The van der Waals surface area contributed by atoms with Crippen molar-refractivity contribution in [1.29, 1.82) is 0 Å². The number of methoxy groups -OCH3 is 1. The zero-order valence-corrected chi connectivity index (χ0v) is 16.5. The molecule has 0 aromatic heterocycles. The SMILES string of the molecule is C=CCOC(=O)c1cc(Br)c(OCc2cccc3ccccc23)c(OC)c1. The van der Waals surface area contributed by atoms with Crippen LogP contribution in [0.15, 0.2) is 71.7 Å². The van der Waals surface area contributed by atoms with Gasteiger partial charge < -0.3 is 14.2 Å². The van der Waals surface area contributed by atoms with Crippen LogP contribution in [0.2, 0.25) is 0 Å². The van der Waals surface area contributed by atoms with Crippen LogP contribution in [0.1, 0.15) is 15.9 Å². The Morgan fingerprint density at radius 2 is 1.93 bits per heavy atom. The summed E-state index contributed by atoms with van der Waals surface area (Å²) >= 11 is 3.47. The number of hydrogen-bond donors (Lipinski definition) is 0. The lowest BCUT2D eigenvalue weighted by atomic mass is 10.1. The van der Waals surface area contributed by atoms with Gasteiger partial charge in [0.1, 0.15) is 13.2 Å². The molecular weight excluding hydrogens is 408 g/mol. The molecule has 0 bridgehead atoms. The quantitative estimate of drug-likeness (QED) is 0.367. The molecule has 3 rings (SSSR count). The van der Waals surface area contributed by atoms with Crippen molar-refractivity contribution in [2.45, 2.75) is 6.61 Å². The molecule has 0 aliphatic heterocycles. The highest BCUT2D eigenvalue weighted by molar-refractivity contribution is 9.10. The first-order valence-corrected chi connectivity index (χ1v) is 9.18. The van der Waals surface area contributed by atoms with E-state index in [2.05, 4.69) is 40.7 Å². The zero-order chi connectivity index (χ0) is 19.2. The summed E-state index contributed by atoms with van der Waals surface area (Å²) in [7, 11) is 1.53. The van der Waals surface area contributed by atoms with Gasteiger partial charge in [-0.3, -0.25) is 0 Å². The van der Waals surface area contributed by atoms with Crippen molar-refractivity contribution in [3.63, 3.8) is 0 Å². The van der Waals surface area contributed by atoms with Crippen molar-refractivity contribution < 1.29 is 19.0 Å². The first-order chi connectivity index (χ1) is 13.1. The summed E-state index contributed by atoms with van der Waals surface area (Å²) < 4.78 is 17.1. The van der Waals surface area contributed by atoms with Crippen LogP contribution in [-0.4, -0.2) is 19.7 Å². The minimum atomic E-state index is -0.450. The van der Waals surface area contributed by atoms with E-state index < -0.39 is 5.97 Å². The van der Waals surface area contributed by atoms with Gasteiger partial charge in [0.25, 0.3) is 0 Å². The summed E-state index contributed by atoms with van der Waals surface area (Å²) in [6.45, 7) is 4.06. The van der Waals surface area contributed by atoms with E-state index in [1.807, 2.05) is 24.3 Å². The predicted octanol–water partition coefficient (Wildman–Crippen LogP) is 5.53. The zero-order valence-electron chi connectivity index (χ0n) is 14.9. The van der Waals surface area contributed by atoms with Crippen LogP contribution in [-0.2, 0) is 11.3 Å². The first-order valence-electron chi connectivity index (χ1n) is 8.39. The molecule has 0 aliphatic carbocycles. The Bertz CT molecular complexity index is 976. The van der Waals surface area contributed by atoms with E-state index in [4.69, 9.17) is 14.2 Å². The normalized spacial score (nSPS) is 10.4. The van der Waals surface area contributed by atoms with Crippen LogP contribution in [0.3, 0.4) is 0 Å². The third-order valence-corrected chi connectivity index (χ3v) is 4.64. The summed E-state index contributed by atoms with van der Waals surface area (Å²) in [5.41, 5.74) is 1.44. The van der Waals surface area contributed by atoms with Crippen molar-refractivity contribution in [2.24, 2.45) is 0 Å². The van der Waals surface area contributed by atoms with Crippen molar-refractivity contribution in [1.82, 2.24) is 0 Å². The average molecular weight is 427 g/mol.